The molecule has 2 fully saturated rings. The van der Waals surface area contributed by atoms with Crippen molar-refractivity contribution < 1.29 is 4.74 Å². The highest BCUT2D eigenvalue weighted by Crippen LogP contribution is 2.17. The van der Waals surface area contributed by atoms with Gasteiger partial charge >= 0.3 is 0 Å². The van der Waals surface area contributed by atoms with E-state index in [4.69, 9.17) is 9.73 Å². The minimum Gasteiger partial charge on any atom is -0.379 e. The largest absolute Gasteiger partial charge is 0.379 e. The molecule has 3 heterocycles. The highest BCUT2D eigenvalue weighted by molar-refractivity contribution is 5.80. The van der Waals surface area contributed by atoms with Crippen molar-refractivity contribution in [3.8, 4) is 0 Å². The Morgan fingerprint density at radius 3 is 2.92 bits per heavy atom. The lowest BCUT2D eigenvalue weighted by Gasteiger charge is -2.32. The molecule has 0 amide bonds. The Balaban J connectivity index is 1.53. The number of hydrogen-bond acceptors (Lipinski definition) is 4. The van der Waals surface area contributed by atoms with Gasteiger partial charge in [0.05, 0.1) is 19.4 Å². The number of aromatic nitrogens is 2. The van der Waals surface area contributed by atoms with E-state index in [2.05, 4.69) is 33.3 Å². The number of morpholine rings is 1. The Bertz CT molecular complexity index is 537. The molecule has 1 aromatic heterocycles. The molecule has 7 heteroatoms. The van der Waals surface area contributed by atoms with Crippen LogP contribution in [-0.4, -0.2) is 84.1 Å². The lowest BCUT2D eigenvalue weighted by molar-refractivity contribution is 0.0195. The van der Waals surface area contributed by atoms with Gasteiger partial charge in [0.15, 0.2) is 5.96 Å². The van der Waals surface area contributed by atoms with E-state index in [0.717, 1.165) is 64.9 Å². The molecule has 0 radical (unpaired) electrons. The summed E-state index contributed by atoms with van der Waals surface area (Å²) < 4.78 is 7.32. The van der Waals surface area contributed by atoms with Crippen LogP contribution in [0.4, 0.5) is 0 Å². The van der Waals surface area contributed by atoms with Crippen LogP contribution in [0.3, 0.4) is 0 Å². The van der Waals surface area contributed by atoms with E-state index >= 15 is 0 Å². The van der Waals surface area contributed by atoms with E-state index < -0.39 is 0 Å². The standard InChI is InChI=1S/C17H30N6O/c1-3-18-17(19-6-4-15-12-20-21(2)13-15)23-7-5-16(14-23)22-8-10-24-11-9-22/h12-13,16H,3-11,14H2,1-2H3,(H,18,19). The molecule has 7 nitrogen and oxygen atoms in total. The van der Waals surface area contributed by atoms with Crippen molar-refractivity contribution >= 4 is 5.96 Å². The second-order valence-corrected chi connectivity index (χ2v) is 6.54. The van der Waals surface area contributed by atoms with Crippen molar-refractivity contribution in [2.75, 3.05) is 52.5 Å². The summed E-state index contributed by atoms with van der Waals surface area (Å²) in [7, 11) is 1.95. The fraction of sp³-hybridized carbons (Fsp3) is 0.765. The number of hydrogen-bond donors (Lipinski definition) is 1. The van der Waals surface area contributed by atoms with Crippen LogP contribution < -0.4 is 5.32 Å². The minimum absolute atomic E-state index is 0.635. The molecule has 1 atom stereocenters. The average Bonchev–Trinajstić information content (AvgIpc) is 3.24. The zero-order valence-corrected chi connectivity index (χ0v) is 14.9. The van der Waals surface area contributed by atoms with Crippen LogP contribution in [-0.2, 0) is 18.2 Å². The van der Waals surface area contributed by atoms with Gasteiger partial charge in [-0.3, -0.25) is 14.6 Å². The lowest BCUT2D eigenvalue weighted by Crippen LogP contribution is -2.46. The normalized spacial score (nSPS) is 23.0. The number of rotatable bonds is 5. The van der Waals surface area contributed by atoms with E-state index in [0.29, 0.717) is 6.04 Å². The molecule has 0 bridgehead atoms. The van der Waals surface area contributed by atoms with Gasteiger partial charge < -0.3 is 15.0 Å². The van der Waals surface area contributed by atoms with Gasteiger partial charge in [-0.2, -0.15) is 5.10 Å². The highest BCUT2D eigenvalue weighted by Gasteiger charge is 2.30. The molecule has 0 spiro atoms. The van der Waals surface area contributed by atoms with Crippen LogP contribution in [0.1, 0.15) is 18.9 Å². The fourth-order valence-electron chi connectivity index (χ4n) is 3.49. The molecule has 3 rings (SSSR count). The second-order valence-electron chi connectivity index (χ2n) is 6.54. The van der Waals surface area contributed by atoms with Gasteiger partial charge in [-0.25, -0.2) is 0 Å². The first-order valence-corrected chi connectivity index (χ1v) is 9.09. The monoisotopic (exact) mass is 334 g/mol. The number of aliphatic imine (C=N–C) groups is 1. The molecule has 1 N–H and O–H groups in total. The molecule has 134 valence electrons. The maximum Gasteiger partial charge on any atom is 0.193 e. The van der Waals surface area contributed by atoms with Gasteiger partial charge in [0.1, 0.15) is 0 Å². The van der Waals surface area contributed by atoms with Crippen molar-refractivity contribution in [3.63, 3.8) is 0 Å². The summed E-state index contributed by atoms with van der Waals surface area (Å²) in [6.07, 6.45) is 6.13. The van der Waals surface area contributed by atoms with Crippen molar-refractivity contribution in [1.82, 2.24) is 24.9 Å². The number of guanidine groups is 1. The van der Waals surface area contributed by atoms with E-state index in [9.17, 15) is 0 Å². The summed E-state index contributed by atoms with van der Waals surface area (Å²) >= 11 is 0. The Hall–Kier alpha value is -1.60. The first-order valence-electron chi connectivity index (χ1n) is 9.09. The molecule has 2 aliphatic rings. The van der Waals surface area contributed by atoms with Crippen LogP contribution in [0.5, 0.6) is 0 Å². The lowest BCUT2D eigenvalue weighted by atomic mass is 10.2. The van der Waals surface area contributed by atoms with E-state index in [1.54, 1.807) is 0 Å². The predicted octanol–water partition coefficient (Wildman–Crippen LogP) is 0.335. The third kappa shape index (κ3) is 4.48. The summed E-state index contributed by atoms with van der Waals surface area (Å²) in [6.45, 7) is 9.86. The van der Waals surface area contributed by atoms with E-state index in [1.165, 1.54) is 12.0 Å². The molecular weight excluding hydrogens is 304 g/mol. The third-order valence-electron chi connectivity index (χ3n) is 4.78. The van der Waals surface area contributed by atoms with Gasteiger partial charge in [-0.05, 0) is 25.3 Å². The maximum absolute atomic E-state index is 5.47. The second kappa shape index (κ2) is 8.48. The third-order valence-corrected chi connectivity index (χ3v) is 4.78. The first kappa shape index (κ1) is 17.2. The number of likely N-dealkylation sites (tertiary alicyclic amines) is 1. The molecule has 24 heavy (non-hydrogen) atoms. The van der Waals surface area contributed by atoms with Crippen molar-refractivity contribution in [2.45, 2.75) is 25.8 Å². The Kier molecular flexibility index (Phi) is 6.09. The van der Waals surface area contributed by atoms with E-state index in [1.807, 2.05) is 17.9 Å². The summed E-state index contributed by atoms with van der Waals surface area (Å²) in [4.78, 5) is 9.81. The predicted molar refractivity (Wildman–Crippen MR) is 95.3 cm³/mol. The summed E-state index contributed by atoms with van der Waals surface area (Å²) in [6, 6.07) is 0.635. The molecule has 0 aromatic carbocycles. The molecule has 2 aliphatic heterocycles. The zero-order chi connectivity index (χ0) is 16.8. The Labute approximate surface area is 144 Å². The topological polar surface area (TPSA) is 57.9 Å². The molecule has 0 saturated carbocycles. The number of aryl methyl sites for hydroxylation is 1. The van der Waals surface area contributed by atoms with Crippen LogP contribution in [0.25, 0.3) is 0 Å². The number of nitrogens with zero attached hydrogens (tertiary/aromatic N) is 5. The van der Waals surface area contributed by atoms with Gasteiger partial charge in [0.2, 0.25) is 0 Å². The SMILES string of the molecule is CCNC(=NCCc1cnn(C)c1)N1CCC(N2CCOCC2)C1. The molecular formula is C17H30N6O. The maximum atomic E-state index is 5.47. The molecule has 1 aromatic rings. The van der Waals surface area contributed by atoms with Crippen molar-refractivity contribution in [1.29, 1.82) is 0 Å². The smallest absolute Gasteiger partial charge is 0.193 e. The Morgan fingerprint density at radius 2 is 2.21 bits per heavy atom. The van der Waals surface area contributed by atoms with Crippen molar-refractivity contribution in [3.05, 3.63) is 18.0 Å². The summed E-state index contributed by atoms with van der Waals surface area (Å²) in [5.74, 6) is 1.05. The van der Waals surface area contributed by atoms with Crippen LogP contribution >= 0.6 is 0 Å². The van der Waals surface area contributed by atoms with Crippen molar-refractivity contribution in [2.24, 2.45) is 12.0 Å². The number of nitrogens with one attached hydrogen (secondary N) is 1. The van der Waals surface area contributed by atoms with Gasteiger partial charge in [0.25, 0.3) is 0 Å². The van der Waals surface area contributed by atoms with Crippen LogP contribution in [0.15, 0.2) is 17.4 Å². The van der Waals surface area contributed by atoms with Crippen LogP contribution in [0.2, 0.25) is 0 Å². The summed E-state index contributed by atoms with van der Waals surface area (Å²) in [5.41, 5.74) is 1.24. The van der Waals surface area contributed by atoms with E-state index in [-0.39, 0.29) is 0 Å². The average molecular weight is 334 g/mol. The molecule has 0 aliphatic carbocycles. The van der Waals surface area contributed by atoms with Crippen LogP contribution in [0, 0.1) is 0 Å². The zero-order valence-electron chi connectivity index (χ0n) is 14.9. The first-order chi connectivity index (χ1) is 11.8. The molecule has 1 unspecified atom stereocenters. The summed E-state index contributed by atoms with van der Waals surface area (Å²) in [5, 5.41) is 7.67. The minimum atomic E-state index is 0.635. The molecule has 2 saturated heterocycles. The Morgan fingerprint density at radius 1 is 1.38 bits per heavy atom. The fourth-order valence-corrected chi connectivity index (χ4v) is 3.49. The highest BCUT2D eigenvalue weighted by atomic mass is 16.5. The number of ether oxygens (including phenoxy) is 1. The quantitative estimate of drug-likeness (QED) is 0.621. The van der Waals surface area contributed by atoms with Gasteiger partial charge in [0, 0.05) is 58.6 Å². The van der Waals surface area contributed by atoms with Gasteiger partial charge in [-0.1, -0.05) is 0 Å². The van der Waals surface area contributed by atoms with Gasteiger partial charge in [-0.15, -0.1) is 0 Å².